The maximum Gasteiger partial charge on any atom is 0.334 e. The fourth-order valence-corrected chi connectivity index (χ4v) is 7.28. The SMILES string of the molecule is CCCCCCCCCC[C@H](O)[C@@H]1CC[C@H]([C@@H]2CC[C@H]([C@H](O)CCCCCCCCCC[C@H](O)CC3=C[C@@H](C)OC3=O)O2)O1. The second kappa shape index (κ2) is 21.7. The van der Waals surface area contributed by atoms with E-state index in [0.717, 1.165) is 77.0 Å². The van der Waals surface area contributed by atoms with Crippen LogP contribution < -0.4 is 0 Å². The molecular weight excluding hydrogens is 556 g/mol. The molecule has 256 valence electrons. The van der Waals surface area contributed by atoms with Crippen molar-refractivity contribution in [2.75, 3.05) is 0 Å². The zero-order chi connectivity index (χ0) is 31.6. The molecule has 0 aromatic rings. The lowest BCUT2D eigenvalue weighted by Gasteiger charge is -2.24. The zero-order valence-electron chi connectivity index (χ0n) is 28.1. The first-order chi connectivity index (χ1) is 21.4. The van der Waals surface area contributed by atoms with Crippen LogP contribution in [0.1, 0.15) is 168 Å². The van der Waals surface area contributed by atoms with E-state index in [4.69, 9.17) is 14.2 Å². The van der Waals surface area contributed by atoms with Crippen molar-refractivity contribution in [1.82, 2.24) is 0 Å². The first-order valence-electron chi connectivity index (χ1n) is 18.6. The summed E-state index contributed by atoms with van der Waals surface area (Å²) in [5.74, 6) is -0.281. The molecule has 0 saturated carbocycles. The fourth-order valence-electron chi connectivity index (χ4n) is 7.28. The van der Waals surface area contributed by atoms with E-state index in [1.165, 1.54) is 70.6 Å². The molecule has 7 nitrogen and oxygen atoms in total. The average molecular weight is 623 g/mol. The van der Waals surface area contributed by atoms with Gasteiger partial charge in [-0.1, -0.05) is 110 Å². The number of aliphatic hydroxyl groups is 3. The van der Waals surface area contributed by atoms with Crippen LogP contribution in [0, 0.1) is 0 Å². The second-order valence-electron chi connectivity index (χ2n) is 14.0. The Balaban J connectivity index is 1.13. The number of rotatable bonds is 25. The van der Waals surface area contributed by atoms with Crippen molar-refractivity contribution < 1.29 is 34.3 Å². The molecule has 3 N–H and O–H groups in total. The Labute approximate surface area is 268 Å². The van der Waals surface area contributed by atoms with Gasteiger partial charge in [-0.3, -0.25) is 0 Å². The lowest BCUT2D eigenvalue weighted by atomic mass is 10.00. The summed E-state index contributed by atoms with van der Waals surface area (Å²) in [7, 11) is 0. The van der Waals surface area contributed by atoms with Gasteiger partial charge in [-0.2, -0.15) is 0 Å². The van der Waals surface area contributed by atoms with Gasteiger partial charge in [-0.15, -0.1) is 0 Å². The van der Waals surface area contributed by atoms with E-state index in [1.807, 2.05) is 13.0 Å². The van der Waals surface area contributed by atoms with Gasteiger partial charge in [0.1, 0.15) is 6.10 Å². The molecular formula is C37H66O7. The number of unbranched alkanes of at least 4 members (excludes halogenated alkanes) is 14. The topological polar surface area (TPSA) is 105 Å². The van der Waals surface area contributed by atoms with Crippen LogP contribution in [-0.2, 0) is 19.0 Å². The highest BCUT2D eigenvalue weighted by atomic mass is 16.6. The Morgan fingerprint density at radius 3 is 1.52 bits per heavy atom. The van der Waals surface area contributed by atoms with Crippen molar-refractivity contribution in [1.29, 1.82) is 0 Å². The Morgan fingerprint density at radius 2 is 1.09 bits per heavy atom. The maximum atomic E-state index is 11.7. The minimum absolute atomic E-state index is 0.0519. The van der Waals surface area contributed by atoms with Crippen LogP contribution >= 0.6 is 0 Å². The quantitative estimate of drug-likeness (QED) is 0.0703. The summed E-state index contributed by atoms with van der Waals surface area (Å²) in [4.78, 5) is 11.7. The molecule has 7 heteroatoms. The van der Waals surface area contributed by atoms with Crippen LogP contribution in [0.2, 0.25) is 0 Å². The van der Waals surface area contributed by atoms with E-state index >= 15 is 0 Å². The fraction of sp³-hybridized carbons (Fsp3) is 0.919. The highest BCUT2D eigenvalue weighted by Gasteiger charge is 2.40. The molecule has 2 saturated heterocycles. The Morgan fingerprint density at radius 1 is 0.659 bits per heavy atom. The van der Waals surface area contributed by atoms with Gasteiger partial charge < -0.3 is 29.5 Å². The van der Waals surface area contributed by atoms with E-state index in [9.17, 15) is 20.1 Å². The molecule has 2 fully saturated rings. The summed E-state index contributed by atoms with van der Waals surface area (Å²) in [5, 5.41) is 31.6. The Hall–Kier alpha value is -0.990. The van der Waals surface area contributed by atoms with E-state index in [2.05, 4.69) is 6.92 Å². The Bertz CT molecular complexity index is 801. The number of cyclic esters (lactones) is 1. The van der Waals surface area contributed by atoms with E-state index < -0.39 is 12.2 Å². The molecule has 8 atom stereocenters. The molecule has 0 aromatic heterocycles. The molecule has 3 aliphatic heterocycles. The number of hydrogen-bond donors (Lipinski definition) is 3. The lowest BCUT2D eigenvalue weighted by molar-refractivity contribution is -0.139. The normalized spacial score (nSPS) is 27.4. The number of aliphatic hydroxyl groups excluding tert-OH is 3. The molecule has 3 rings (SSSR count). The molecule has 0 aromatic carbocycles. The van der Waals surface area contributed by atoms with Crippen LogP contribution in [0.4, 0.5) is 0 Å². The largest absolute Gasteiger partial charge is 0.455 e. The predicted octanol–water partition coefficient (Wildman–Crippen LogP) is 7.86. The number of hydrogen-bond acceptors (Lipinski definition) is 7. The molecule has 3 heterocycles. The van der Waals surface area contributed by atoms with Gasteiger partial charge in [-0.25, -0.2) is 4.79 Å². The summed E-state index contributed by atoms with van der Waals surface area (Å²) in [5.41, 5.74) is 0.617. The molecule has 44 heavy (non-hydrogen) atoms. The van der Waals surface area contributed by atoms with Gasteiger partial charge >= 0.3 is 5.97 Å². The number of ether oxygens (including phenoxy) is 3. The van der Waals surface area contributed by atoms with Gasteiger partial charge in [0.05, 0.1) is 42.7 Å². The average Bonchev–Trinajstić information content (AvgIpc) is 3.75. The van der Waals surface area contributed by atoms with Gasteiger partial charge in [0.25, 0.3) is 0 Å². The van der Waals surface area contributed by atoms with Gasteiger partial charge in [0, 0.05) is 12.0 Å². The van der Waals surface area contributed by atoms with Gasteiger partial charge in [0.2, 0.25) is 0 Å². The minimum atomic E-state index is -0.463. The second-order valence-corrected chi connectivity index (χ2v) is 14.0. The maximum absolute atomic E-state index is 11.7. The molecule has 0 radical (unpaired) electrons. The van der Waals surface area contributed by atoms with Crippen LogP contribution in [0.15, 0.2) is 11.6 Å². The molecule has 0 bridgehead atoms. The summed E-state index contributed by atoms with van der Waals surface area (Å²) in [6.07, 6.45) is 26.1. The standard InChI is InChI=1S/C37H66O7/c1-3-4-5-6-7-11-14-17-20-31(39)33-22-24-35(43-33)36-25-23-34(44-36)32(40)21-18-15-12-9-8-10-13-16-19-30(38)27-29-26-28(2)42-37(29)41/h26,28,30-36,38-40H,3-25,27H2,1-2H3/t28-,30+,31+,32-,33+,34-,35-,36+/m1/s1. The Kier molecular flexibility index (Phi) is 18.5. The van der Waals surface area contributed by atoms with Crippen molar-refractivity contribution in [2.45, 2.75) is 217 Å². The molecule has 3 aliphatic rings. The summed E-state index contributed by atoms with van der Waals surface area (Å²) in [6.45, 7) is 4.09. The third kappa shape index (κ3) is 14.2. The smallest absolute Gasteiger partial charge is 0.334 e. The number of carbonyl (C=O) groups excluding carboxylic acids is 1. The first kappa shape index (κ1) is 37.5. The number of esters is 1. The van der Waals surface area contributed by atoms with Crippen molar-refractivity contribution in [3.63, 3.8) is 0 Å². The van der Waals surface area contributed by atoms with E-state index in [-0.39, 0.29) is 42.6 Å². The first-order valence-corrected chi connectivity index (χ1v) is 18.6. The highest BCUT2D eigenvalue weighted by molar-refractivity contribution is 5.90. The van der Waals surface area contributed by atoms with Crippen LogP contribution in [-0.4, -0.2) is 70.1 Å². The van der Waals surface area contributed by atoms with Crippen molar-refractivity contribution in [2.24, 2.45) is 0 Å². The molecule has 0 aliphatic carbocycles. The van der Waals surface area contributed by atoms with Crippen molar-refractivity contribution in [3.05, 3.63) is 11.6 Å². The lowest BCUT2D eigenvalue weighted by Crippen LogP contribution is -2.33. The predicted molar refractivity (Wildman–Crippen MR) is 175 cm³/mol. The van der Waals surface area contributed by atoms with Crippen LogP contribution in [0.25, 0.3) is 0 Å². The van der Waals surface area contributed by atoms with Gasteiger partial charge in [-0.05, 0) is 57.9 Å². The molecule has 0 spiro atoms. The highest BCUT2D eigenvalue weighted by Crippen LogP contribution is 2.34. The summed E-state index contributed by atoms with van der Waals surface area (Å²) in [6, 6.07) is 0. The van der Waals surface area contributed by atoms with E-state index in [0.29, 0.717) is 12.0 Å². The third-order valence-corrected chi connectivity index (χ3v) is 10.0. The van der Waals surface area contributed by atoms with E-state index in [1.54, 1.807) is 0 Å². The van der Waals surface area contributed by atoms with Crippen molar-refractivity contribution >= 4 is 5.97 Å². The summed E-state index contributed by atoms with van der Waals surface area (Å²) < 4.78 is 17.7. The van der Waals surface area contributed by atoms with Gasteiger partial charge in [0.15, 0.2) is 0 Å². The van der Waals surface area contributed by atoms with Crippen LogP contribution in [0.3, 0.4) is 0 Å². The van der Waals surface area contributed by atoms with Crippen LogP contribution in [0.5, 0.6) is 0 Å². The third-order valence-electron chi connectivity index (χ3n) is 10.0. The number of carbonyl (C=O) groups is 1. The minimum Gasteiger partial charge on any atom is -0.455 e. The van der Waals surface area contributed by atoms with Crippen molar-refractivity contribution in [3.8, 4) is 0 Å². The molecule has 0 amide bonds. The monoisotopic (exact) mass is 622 g/mol. The molecule has 0 unspecified atom stereocenters. The zero-order valence-corrected chi connectivity index (χ0v) is 28.1. The summed E-state index contributed by atoms with van der Waals surface area (Å²) >= 11 is 0.